The molecule has 0 bridgehead atoms. The maximum Gasteiger partial charge on any atom is 0.455 e. The second-order valence-corrected chi connectivity index (χ2v) is 11.5. The number of nitrogens with zero attached hydrogens (tertiary/aromatic N) is 6. The highest BCUT2D eigenvalue weighted by Crippen LogP contribution is 2.32. The first-order chi connectivity index (χ1) is 17.0. The van der Waals surface area contributed by atoms with Gasteiger partial charge in [-0.1, -0.05) is 12.1 Å². The Kier molecular flexibility index (Phi) is 6.14. The lowest BCUT2D eigenvalue weighted by atomic mass is 9.92. The van der Waals surface area contributed by atoms with Crippen LogP contribution in [-0.2, 0) is 16.0 Å². The Morgan fingerprint density at radius 3 is 2.44 bits per heavy atom. The van der Waals surface area contributed by atoms with Gasteiger partial charge in [-0.15, -0.1) is 5.10 Å². The van der Waals surface area contributed by atoms with Crippen LogP contribution in [0.25, 0.3) is 16.2 Å². The smallest absolute Gasteiger partial charge is 0.455 e. The molecule has 1 aliphatic rings. The van der Waals surface area contributed by atoms with Gasteiger partial charge in [0.1, 0.15) is 6.10 Å². The second kappa shape index (κ2) is 9.03. The number of sulfone groups is 1. The third-order valence-corrected chi connectivity index (χ3v) is 7.97. The number of hydrogen-bond acceptors (Lipinski definition) is 10. The Morgan fingerprint density at radius 1 is 1.17 bits per heavy atom. The molecule has 1 atom stereocenters. The minimum Gasteiger partial charge on any atom is -0.466 e. The molecule has 0 spiro atoms. The molecule has 0 unspecified atom stereocenters. The van der Waals surface area contributed by atoms with E-state index in [1.807, 2.05) is 6.92 Å². The largest absolute Gasteiger partial charge is 0.466 e. The monoisotopic (exact) mass is 542 g/mol. The van der Waals surface area contributed by atoms with E-state index in [0.717, 1.165) is 11.8 Å². The van der Waals surface area contributed by atoms with Gasteiger partial charge < -0.3 is 14.2 Å². The van der Waals surface area contributed by atoms with Crippen molar-refractivity contribution in [2.24, 2.45) is 5.92 Å². The summed E-state index contributed by atoms with van der Waals surface area (Å²) in [6.07, 6.45) is -0.538. The van der Waals surface area contributed by atoms with E-state index in [0.29, 0.717) is 41.8 Å². The van der Waals surface area contributed by atoms with Gasteiger partial charge in [0, 0.05) is 24.9 Å². The molecule has 192 valence electrons. The molecule has 10 nitrogen and oxygen atoms in total. The van der Waals surface area contributed by atoms with Crippen molar-refractivity contribution in [1.82, 2.24) is 24.7 Å². The normalized spacial score (nSPS) is 16.5. The third kappa shape index (κ3) is 5.02. The molecule has 1 saturated heterocycles. The minimum atomic E-state index is -4.64. The molecule has 1 aromatic carbocycles. The number of hydrogen-bond donors (Lipinski definition) is 0. The standard InChI is InChI=1S/C21H21F3N6O4S2/c1-12(13-7-9-29(10-8-13)18-26-17(28-34-18)21(22,23)24)33-20-27-30-11-16(25-19(30)35-20)14-3-5-15(6-4-14)36(2,31)32/h3-6,11-13H,7-10H2,1-2H3/t12-/m0/s1. The molecule has 0 aliphatic carbocycles. The van der Waals surface area contributed by atoms with Crippen LogP contribution in [0.2, 0.25) is 0 Å². The zero-order valence-electron chi connectivity index (χ0n) is 19.1. The van der Waals surface area contributed by atoms with Gasteiger partial charge in [-0.3, -0.25) is 0 Å². The molecule has 36 heavy (non-hydrogen) atoms. The number of piperidine rings is 1. The predicted octanol–water partition coefficient (Wildman–Crippen LogP) is 3.95. The summed E-state index contributed by atoms with van der Waals surface area (Å²) in [5.41, 5.74) is 1.43. The number of fused-ring (bicyclic) bond motifs is 1. The molecule has 5 rings (SSSR count). The van der Waals surface area contributed by atoms with Gasteiger partial charge in [0.05, 0.1) is 16.8 Å². The summed E-state index contributed by atoms with van der Waals surface area (Å²) >= 11 is 1.29. The first kappa shape index (κ1) is 24.5. The minimum absolute atomic E-state index is 0.128. The number of benzene rings is 1. The van der Waals surface area contributed by atoms with Crippen molar-refractivity contribution in [3.05, 3.63) is 36.3 Å². The first-order valence-corrected chi connectivity index (χ1v) is 13.7. The summed E-state index contributed by atoms with van der Waals surface area (Å²) in [5, 5.41) is 7.91. The van der Waals surface area contributed by atoms with E-state index in [4.69, 9.17) is 9.26 Å². The average Bonchev–Trinajstić information content (AvgIpc) is 3.54. The maximum absolute atomic E-state index is 12.7. The fraction of sp³-hybridized carbons (Fsp3) is 0.429. The Balaban J connectivity index is 1.19. The number of aromatic nitrogens is 5. The van der Waals surface area contributed by atoms with Crippen LogP contribution in [0.3, 0.4) is 0 Å². The zero-order valence-corrected chi connectivity index (χ0v) is 20.8. The lowest BCUT2D eigenvalue weighted by Gasteiger charge is -2.33. The molecule has 0 amide bonds. The van der Waals surface area contributed by atoms with Crippen LogP contribution in [0.5, 0.6) is 5.19 Å². The van der Waals surface area contributed by atoms with Crippen LogP contribution < -0.4 is 9.64 Å². The van der Waals surface area contributed by atoms with Crippen LogP contribution in [0.15, 0.2) is 39.9 Å². The third-order valence-electron chi connectivity index (χ3n) is 6.03. The number of rotatable bonds is 6. The van der Waals surface area contributed by atoms with Crippen molar-refractivity contribution in [1.29, 1.82) is 0 Å². The molecule has 1 fully saturated rings. The molecular weight excluding hydrogens is 521 g/mol. The van der Waals surface area contributed by atoms with Crippen LogP contribution in [-0.4, -0.2) is 58.6 Å². The lowest BCUT2D eigenvalue weighted by molar-refractivity contribution is -0.146. The van der Waals surface area contributed by atoms with Crippen molar-refractivity contribution in [3.8, 4) is 16.5 Å². The van der Waals surface area contributed by atoms with Crippen LogP contribution in [0, 0.1) is 5.92 Å². The summed E-state index contributed by atoms with van der Waals surface area (Å²) in [4.78, 5) is 10.5. The average molecular weight is 543 g/mol. The Morgan fingerprint density at radius 2 is 1.86 bits per heavy atom. The molecular formula is C21H21F3N6O4S2. The van der Waals surface area contributed by atoms with Crippen LogP contribution >= 0.6 is 11.3 Å². The van der Waals surface area contributed by atoms with E-state index < -0.39 is 21.8 Å². The van der Waals surface area contributed by atoms with Crippen LogP contribution in [0.1, 0.15) is 25.6 Å². The van der Waals surface area contributed by atoms with Gasteiger partial charge >= 0.3 is 12.2 Å². The number of imidazole rings is 1. The molecule has 0 N–H and O–H groups in total. The number of halogens is 3. The van der Waals surface area contributed by atoms with Gasteiger partial charge in [-0.2, -0.15) is 18.2 Å². The summed E-state index contributed by atoms with van der Waals surface area (Å²) in [7, 11) is -3.27. The topological polar surface area (TPSA) is 116 Å². The fourth-order valence-electron chi connectivity index (χ4n) is 4.02. The van der Waals surface area contributed by atoms with E-state index >= 15 is 0 Å². The molecule has 0 radical (unpaired) electrons. The first-order valence-electron chi connectivity index (χ1n) is 11.0. The summed E-state index contributed by atoms with van der Waals surface area (Å²) < 4.78 is 73.8. The van der Waals surface area contributed by atoms with Crippen LogP contribution in [0.4, 0.5) is 19.2 Å². The zero-order chi connectivity index (χ0) is 25.7. The molecule has 4 heterocycles. The van der Waals surface area contributed by atoms with Gasteiger partial charge in [-0.05, 0) is 54.3 Å². The van der Waals surface area contributed by atoms with Crippen molar-refractivity contribution in [2.75, 3.05) is 24.2 Å². The van der Waals surface area contributed by atoms with Crippen molar-refractivity contribution < 1.29 is 30.8 Å². The lowest BCUT2D eigenvalue weighted by Crippen LogP contribution is -2.38. The van der Waals surface area contributed by atoms with Gasteiger partial charge in [-0.25, -0.2) is 17.9 Å². The molecule has 0 saturated carbocycles. The van der Waals surface area contributed by atoms with Gasteiger partial charge in [0.25, 0.3) is 11.0 Å². The van der Waals surface area contributed by atoms with E-state index in [9.17, 15) is 21.6 Å². The maximum atomic E-state index is 12.7. The fourth-order valence-corrected chi connectivity index (χ4v) is 5.46. The van der Waals surface area contributed by atoms with Gasteiger partial charge in [0.2, 0.25) is 4.96 Å². The van der Waals surface area contributed by atoms with E-state index in [2.05, 4.69) is 20.2 Å². The predicted molar refractivity (Wildman–Crippen MR) is 124 cm³/mol. The summed E-state index contributed by atoms with van der Waals surface area (Å²) in [6, 6.07) is 6.36. The molecule has 3 aromatic heterocycles. The highest BCUT2D eigenvalue weighted by molar-refractivity contribution is 7.90. The highest BCUT2D eigenvalue weighted by Gasteiger charge is 2.38. The van der Waals surface area contributed by atoms with E-state index in [-0.39, 0.29) is 22.9 Å². The Bertz CT molecular complexity index is 1440. The SMILES string of the molecule is C[C@H](Oc1nn2cc(-c3ccc(S(C)(=O)=O)cc3)nc2s1)C1CCN(c2nc(C(F)(F)F)no2)CC1. The van der Waals surface area contributed by atoms with Crippen molar-refractivity contribution >= 4 is 32.1 Å². The van der Waals surface area contributed by atoms with E-state index in [1.165, 1.54) is 11.3 Å². The quantitative estimate of drug-likeness (QED) is 0.357. The van der Waals surface area contributed by atoms with Crippen molar-refractivity contribution in [2.45, 2.75) is 36.9 Å². The molecule has 1 aliphatic heterocycles. The summed E-state index contributed by atoms with van der Waals surface area (Å²) in [6.45, 7) is 2.88. The van der Waals surface area contributed by atoms with Crippen molar-refractivity contribution in [3.63, 3.8) is 0 Å². The molecule has 15 heteroatoms. The number of alkyl halides is 3. The molecule has 4 aromatic rings. The van der Waals surface area contributed by atoms with Gasteiger partial charge in [0.15, 0.2) is 9.84 Å². The number of anilines is 1. The summed E-state index contributed by atoms with van der Waals surface area (Å²) in [5.74, 6) is -1.11. The second-order valence-electron chi connectivity index (χ2n) is 8.56. The number of ether oxygens (including phenoxy) is 1. The highest BCUT2D eigenvalue weighted by atomic mass is 32.2. The Labute approximate surface area is 207 Å². The van der Waals surface area contributed by atoms with E-state index in [1.54, 1.807) is 39.9 Å². The Hall–Kier alpha value is -3.20.